The first-order chi connectivity index (χ1) is 9.94. The summed E-state index contributed by atoms with van der Waals surface area (Å²) in [7, 11) is -2.22. The van der Waals surface area contributed by atoms with Gasteiger partial charge in [0.1, 0.15) is 4.21 Å². The number of nitro groups is 1. The second-order valence-electron chi connectivity index (χ2n) is 4.72. The average molecular weight is 335 g/mol. The van der Waals surface area contributed by atoms with E-state index in [0.717, 1.165) is 30.2 Å². The van der Waals surface area contributed by atoms with Crippen LogP contribution in [0.3, 0.4) is 0 Å². The van der Waals surface area contributed by atoms with Gasteiger partial charge in [0.05, 0.1) is 11.5 Å². The molecule has 1 saturated heterocycles. The van der Waals surface area contributed by atoms with Gasteiger partial charge in [-0.1, -0.05) is 11.3 Å². The van der Waals surface area contributed by atoms with E-state index in [4.69, 9.17) is 4.74 Å². The molecular formula is C11H17N3O5S2. The third-order valence-corrected chi connectivity index (χ3v) is 6.23. The first kappa shape index (κ1) is 16.1. The fraction of sp³-hybridized carbons (Fsp3) is 0.636. The molecule has 2 rings (SSSR count). The summed E-state index contributed by atoms with van der Waals surface area (Å²) in [6.45, 7) is 1.53. The highest BCUT2D eigenvalue weighted by Gasteiger charge is 2.26. The van der Waals surface area contributed by atoms with Crippen molar-refractivity contribution in [3.63, 3.8) is 0 Å². The van der Waals surface area contributed by atoms with Crippen LogP contribution >= 0.6 is 11.3 Å². The van der Waals surface area contributed by atoms with Gasteiger partial charge in [-0.05, 0) is 18.8 Å². The summed E-state index contributed by atoms with van der Waals surface area (Å²) in [5, 5.41) is 13.7. The first-order valence-electron chi connectivity index (χ1n) is 6.47. The number of anilines is 1. The van der Waals surface area contributed by atoms with Crippen LogP contribution in [-0.2, 0) is 14.8 Å². The number of rotatable bonds is 6. The summed E-state index contributed by atoms with van der Waals surface area (Å²) in [6, 6.07) is 1.08. The van der Waals surface area contributed by atoms with Crippen molar-refractivity contribution in [2.24, 2.45) is 5.92 Å². The number of nitrogens with one attached hydrogen (secondary N) is 2. The molecule has 0 spiro atoms. The van der Waals surface area contributed by atoms with Gasteiger partial charge in [-0.25, -0.2) is 13.1 Å². The summed E-state index contributed by atoms with van der Waals surface area (Å²) >= 11 is 0.847. The molecule has 8 nitrogen and oxygen atoms in total. The van der Waals surface area contributed by atoms with Crippen LogP contribution in [0.4, 0.5) is 10.7 Å². The molecule has 0 bridgehead atoms. The van der Waals surface area contributed by atoms with E-state index in [1.54, 1.807) is 0 Å². The van der Waals surface area contributed by atoms with Crippen LogP contribution in [0.1, 0.15) is 12.8 Å². The summed E-state index contributed by atoms with van der Waals surface area (Å²) in [5.74, 6) is 0.146. The molecule has 118 valence electrons. The second kappa shape index (κ2) is 6.69. The van der Waals surface area contributed by atoms with Crippen LogP contribution in [-0.4, -0.2) is 40.1 Å². The average Bonchev–Trinajstić information content (AvgIpc) is 2.92. The van der Waals surface area contributed by atoms with E-state index in [-0.39, 0.29) is 27.4 Å². The minimum absolute atomic E-state index is 0.0599. The molecule has 0 aliphatic carbocycles. The smallest absolute Gasteiger partial charge is 0.304 e. The van der Waals surface area contributed by atoms with Crippen LogP contribution in [0.15, 0.2) is 10.3 Å². The Bertz CT molecular complexity index is 607. The molecule has 0 radical (unpaired) electrons. The topological polar surface area (TPSA) is 111 Å². The van der Waals surface area contributed by atoms with Crippen molar-refractivity contribution >= 4 is 32.0 Å². The quantitative estimate of drug-likeness (QED) is 0.600. The highest BCUT2D eigenvalue weighted by Crippen LogP contribution is 2.36. The van der Waals surface area contributed by atoms with E-state index < -0.39 is 14.9 Å². The molecule has 21 heavy (non-hydrogen) atoms. The predicted octanol–water partition coefficient (Wildman–Crippen LogP) is 1.40. The fourth-order valence-electron chi connectivity index (χ4n) is 2.07. The molecule has 1 unspecified atom stereocenters. The van der Waals surface area contributed by atoms with Crippen LogP contribution in [0, 0.1) is 16.0 Å². The maximum atomic E-state index is 12.2. The largest absolute Gasteiger partial charge is 0.381 e. The molecule has 2 heterocycles. The lowest BCUT2D eigenvalue weighted by atomic mass is 10.0. The molecular weight excluding hydrogens is 318 g/mol. The van der Waals surface area contributed by atoms with Crippen molar-refractivity contribution in [1.82, 2.24) is 4.72 Å². The van der Waals surface area contributed by atoms with Crippen molar-refractivity contribution in [2.45, 2.75) is 17.1 Å². The first-order valence-corrected chi connectivity index (χ1v) is 8.77. The molecule has 1 atom stereocenters. The zero-order valence-corrected chi connectivity index (χ0v) is 13.1. The van der Waals surface area contributed by atoms with Gasteiger partial charge in [0.25, 0.3) is 0 Å². The number of ether oxygens (including phenoxy) is 1. The van der Waals surface area contributed by atoms with Crippen LogP contribution in [0.25, 0.3) is 0 Å². The molecule has 2 N–H and O–H groups in total. The van der Waals surface area contributed by atoms with Gasteiger partial charge in [-0.15, -0.1) is 0 Å². The van der Waals surface area contributed by atoms with Gasteiger partial charge in [-0.3, -0.25) is 10.1 Å². The molecule has 1 aromatic heterocycles. The highest BCUT2D eigenvalue weighted by atomic mass is 32.2. The minimum Gasteiger partial charge on any atom is -0.381 e. The Balaban J connectivity index is 2.09. The zero-order chi connectivity index (χ0) is 15.5. The summed E-state index contributed by atoms with van der Waals surface area (Å²) in [4.78, 5) is 10.3. The van der Waals surface area contributed by atoms with Gasteiger partial charge >= 0.3 is 5.69 Å². The monoisotopic (exact) mass is 335 g/mol. The lowest BCUT2D eigenvalue weighted by molar-refractivity contribution is -0.383. The van der Waals surface area contributed by atoms with E-state index in [9.17, 15) is 18.5 Å². The van der Waals surface area contributed by atoms with Crippen LogP contribution < -0.4 is 10.0 Å². The molecule has 1 aromatic rings. The highest BCUT2D eigenvalue weighted by molar-refractivity contribution is 7.91. The van der Waals surface area contributed by atoms with Gasteiger partial charge in [0.15, 0.2) is 5.00 Å². The van der Waals surface area contributed by atoms with Gasteiger partial charge < -0.3 is 10.1 Å². The maximum absolute atomic E-state index is 12.2. The van der Waals surface area contributed by atoms with Crippen LogP contribution in [0.2, 0.25) is 0 Å². The number of nitrogens with zero attached hydrogens (tertiary/aromatic N) is 1. The lowest BCUT2D eigenvalue weighted by Crippen LogP contribution is -2.32. The van der Waals surface area contributed by atoms with Crippen molar-refractivity contribution in [1.29, 1.82) is 0 Å². The zero-order valence-electron chi connectivity index (χ0n) is 11.5. The van der Waals surface area contributed by atoms with Crippen molar-refractivity contribution in [3.05, 3.63) is 16.2 Å². The third kappa shape index (κ3) is 3.90. The Morgan fingerprint density at radius 2 is 2.33 bits per heavy atom. The maximum Gasteiger partial charge on any atom is 0.304 e. The fourth-order valence-corrected chi connectivity index (χ4v) is 4.52. The molecule has 1 fully saturated rings. The van der Waals surface area contributed by atoms with Crippen molar-refractivity contribution < 1.29 is 18.1 Å². The summed E-state index contributed by atoms with van der Waals surface area (Å²) in [5.41, 5.74) is -0.233. The van der Waals surface area contributed by atoms with E-state index >= 15 is 0 Å². The normalized spacial score (nSPS) is 19.4. The standard InChI is InChI=1S/C11H17N3O5S2/c1-12-11-9(14(15)16)5-10(20-11)21(17,18)13-6-8-3-2-4-19-7-8/h5,8,12-13H,2-4,6-7H2,1H3. The van der Waals surface area contributed by atoms with Crippen LogP contribution in [0.5, 0.6) is 0 Å². The van der Waals surface area contributed by atoms with Crippen molar-refractivity contribution in [2.75, 3.05) is 32.1 Å². The molecule has 10 heteroatoms. The van der Waals surface area contributed by atoms with Gasteiger partial charge in [0, 0.05) is 26.3 Å². The molecule has 0 amide bonds. The van der Waals surface area contributed by atoms with Gasteiger partial charge in [0.2, 0.25) is 10.0 Å². The molecule has 0 saturated carbocycles. The number of hydrogen-bond donors (Lipinski definition) is 2. The Hall–Kier alpha value is -1.23. The summed E-state index contributed by atoms with van der Waals surface area (Å²) < 4.78 is 32.1. The Labute approximate surface area is 126 Å². The molecule has 0 aromatic carbocycles. The second-order valence-corrected chi connectivity index (χ2v) is 7.77. The van der Waals surface area contributed by atoms with E-state index in [1.165, 1.54) is 7.05 Å². The SMILES string of the molecule is CNc1sc(S(=O)(=O)NCC2CCCOC2)cc1[N+](=O)[O-]. The third-order valence-electron chi connectivity index (χ3n) is 3.20. The minimum atomic E-state index is -3.74. The Kier molecular flexibility index (Phi) is 5.14. The number of hydrogen-bond acceptors (Lipinski definition) is 7. The Morgan fingerprint density at radius 1 is 1.57 bits per heavy atom. The summed E-state index contributed by atoms with van der Waals surface area (Å²) in [6.07, 6.45) is 1.83. The van der Waals surface area contributed by atoms with Crippen molar-refractivity contribution in [3.8, 4) is 0 Å². The van der Waals surface area contributed by atoms with Gasteiger partial charge in [-0.2, -0.15) is 0 Å². The van der Waals surface area contributed by atoms with E-state index in [1.807, 2.05) is 0 Å². The molecule has 1 aliphatic heterocycles. The lowest BCUT2D eigenvalue weighted by Gasteiger charge is -2.21. The number of sulfonamides is 1. The van der Waals surface area contributed by atoms with E-state index in [2.05, 4.69) is 10.0 Å². The molecule has 1 aliphatic rings. The predicted molar refractivity (Wildman–Crippen MR) is 79.3 cm³/mol. The number of thiophene rings is 1. The van der Waals surface area contributed by atoms with E-state index in [0.29, 0.717) is 13.2 Å². The Morgan fingerprint density at radius 3 is 2.86 bits per heavy atom.